The van der Waals surface area contributed by atoms with Crippen molar-refractivity contribution in [2.45, 2.75) is 0 Å². The van der Waals surface area contributed by atoms with Gasteiger partial charge in [0.2, 0.25) is 0 Å². The summed E-state index contributed by atoms with van der Waals surface area (Å²) in [6, 6.07) is 9.87. The zero-order valence-corrected chi connectivity index (χ0v) is 12.7. The van der Waals surface area contributed by atoms with E-state index in [1.807, 2.05) is 0 Å². The number of nitrogens with one attached hydrogen (secondary N) is 2. The number of fused-ring (bicyclic) bond motifs is 1. The molecule has 0 fully saturated rings. The Morgan fingerprint density at radius 2 is 1.95 bits per heavy atom. The van der Waals surface area contributed by atoms with Gasteiger partial charge in [-0.25, -0.2) is 0 Å². The summed E-state index contributed by atoms with van der Waals surface area (Å²) in [5.41, 5.74) is 1.16. The van der Waals surface area contributed by atoms with Crippen molar-refractivity contribution in [1.82, 2.24) is 0 Å². The van der Waals surface area contributed by atoms with E-state index >= 15 is 0 Å². The molecule has 7 heteroatoms. The molecule has 0 spiro atoms. The fraction of sp³-hybridized carbons (Fsp3) is 0.0667. The number of carbonyl (C=O) groups excluding carboxylic acids is 2. The largest absolute Gasteiger partial charge is 0.481 e. The molecule has 3 rings (SSSR count). The van der Waals surface area contributed by atoms with Crippen LogP contribution in [0.4, 0.5) is 11.4 Å². The zero-order valence-electron chi connectivity index (χ0n) is 11.2. The van der Waals surface area contributed by atoms with Crippen molar-refractivity contribution in [1.29, 1.82) is 0 Å². The highest BCUT2D eigenvalue weighted by atomic mass is 35.5. The van der Waals surface area contributed by atoms with Crippen LogP contribution >= 0.6 is 23.2 Å². The minimum absolute atomic E-state index is 0.130. The summed E-state index contributed by atoms with van der Waals surface area (Å²) in [4.78, 5) is 23.7. The summed E-state index contributed by atoms with van der Waals surface area (Å²) in [7, 11) is 0. The second-order valence-corrected chi connectivity index (χ2v) is 5.36. The summed E-state index contributed by atoms with van der Waals surface area (Å²) in [6.45, 7) is -0.130. The number of para-hydroxylation sites is 1. The molecular formula is C15H10Cl2N2O3. The van der Waals surface area contributed by atoms with Crippen molar-refractivity contribution in [2.24, 2.45) is 0 Å². The van der Waals surface area contributed by atoms with E-state index in [0.717, 1.165) is 0 Å². The number of anilines is 2. The van der Waals surface area contributed by atoms with Gasteiger partial charge in [0.25, 0.3) is 11.8 Å². The third-order valence-electron chi connectivity index (χ3n) is 3.08. The highest BCUT2D eigenvalue weighted by Gasteiger charge is 2.22. The summed E-state index contributed by atoms with van der Waals surface area (Å²) < 4.78 is 5.35. The molecule has 2 aromatic rings. The Morgan fingerprint density at radius 3 is 2.77 bits per heavy atom. The SMILES string of the molecule is O=C1COc2c(cccc2C(=O)Nc2cccc(Cl)c2Cl)N1. The molecule has 5 nitrogen and oxygen atoms in total. The van der Waals surface area contributed by atoms with Crippen molar-refractivity contribution in [2.75, 3.05) is 17.2 Å². The Labute approximate surface area is 136 Å². The maximum absolute atomic E-state index is 12.4. The Bertz CT molecular complexity index is 777. The molecular weight excluding hydrogens is 327 g/mol. The molecule has 1 aliphatic rings. The standard InChI is InChI=1S/C15H10Cl2N2O3/c16-9-4-2-5-10(13(9)17)19-15(21)8-3-1-6-11-14(8)22-7-12(20)18-11/h1-6H,7H2,(H,18,20)(H,19,21). The highest BCUT2D eigenvalue weighted by molar-refractivity contribution is 6.44. The number of benzene rings is 2. The third kappa shape index (κ3) is 2.73. The predicted molar refractivity (Wildman–Crippen MR) is 85.0 cm³/mol. The van der Waals surface area contributed by atoms with Crippen molar-refractivity contribution in [3.8, 4) is 5.75 Å². The maximum atomic E-state index is 12.4. The first-order chi connectivity index (χ1) is 10.6. The molecule has 1 aliphatic heterocycles. The fourth-order valence-corrected chi connectivity index (χ4v) is 2.43. The average Bonchev–Trinajstić information content (AvgIpc) is 2.51. The Hall–Kier alpha value is -2.24. The van der Waals surface area contributed by atoms with E-state index in [1.54, 1.807) is 36.4 Å². The lowest BCUT2D eigenvalue weighted by Crippen LogP contribution is -2.27. The lowest BCUT2D eigenvalue weighted by molar-refractivity contribution is -0.118. The van der Waals surface area contributed by atoms with Gasteiger partial charge in [-0.05, 0) is 24.3 Å². The van der Waals surface area contributed by atoms with Gasteiger partial charge < -0.3 is 15.4 Å². The van der Waals surface area contributed by atoms with E-state index < -0.39 is 5.91 Å². The monoisotopic (exact) mass is 336 g/mol. The van der Waals surface area contributed by atoms with Crippen LogP contribution in [0.3, 0.4) is 0 Å². The van der Waals surface area contributed by atoms with E-state index in [-0.39, 0.29) is 17.5 Å². The van der Waals surface area contributed by atoms with Crippen molar-refractivity contribution in [3.05, 3.63) is 52.0 Å². The highest BCUT2D eigenvalue weighted by Crippen LogP contribution is 2.34. The average molecular weight is 337 g/mol. The van der Waals surface area contributed by atoms with Crippen molar-refractivity contribution >= 4 is 46.4 Å². The summed E-state index contributed by atoms with van der Waals surface area (Å²) in [5.74, 6) is -0.335. The molecule has 0 atom stereocenters. The molecule has 0 aromatic heterocycles. The second-order valence-electron chi connectivity index (χ2n) is 4.57. The zero-order chi connectivity index (χ0) is 15.7. The smallest absolute Gasteiger partial charge is 0.262 e. The molecule has 0 bridgehead atoms. The Kier molecular flexibility index (Phi) is 3.92. The molecule has 22 heavy (non-hydrogen) atoms. The number of hydrogen-bond donors (Lipinski definition) is 2. The lowest BCUT2D eigenvalue weighted by atomic mass is 10.1. The van der Waals surface area contributed by atoms with Crippen LogP contribution in [0, 0.1) is 0 Å². The van der Waals surface area contributed by atoms with Crippen molar-refractivity contribution in [3.63, 3.8) is 0 Å². The maximum Gasteiger partial charge on any atom is 0.262 e. The van der Waals surface area contributed by atoms with Gasteiger partial charge in [-0.15, -0.1) is 0 Å². The van der Waals surface area contributed by atoms with Crippen LogP contribution in [-0.2, 0) is 4.79 Å². The molecule has 0 saturated carbocycles. The topological polar surface area (TPSA) is 67.4 Å². The van der Waals surface area contributed by atoms with Crippen LogP contribution < -0.4 is 15.4 Å². The molecule has 2 amide bonds. The molecule has 2 N–H and O–H groups in total. The predicted octanol–water partition coefficient (Wildman–Crippen LogP) is 3.58. The molecule has 2 aromatic carbocycles. The van der Waals surface area contributed by atoms with Gasteiger partial charge in [-0.2, -0.15) is 0 Å². The van der Waals surface area contributed by atoms with Gasteiger partial charge in [-0.1, -0.05) is 35.3 Å². The summed E-state index contributed by atoms with van der Waals surface area (Å²) in [5, 5.41) is 5.94. The number of halogens is 2. The van der Waals surface area contributed by atoms with Gasteiger partial charge in [-0.3, -0.25) is 9.59 Å². The molecule has 0 saturated heterocycles. The first kappa shape index (κ1) is 14.7. The van der Waals surface area contributed by atoms with Crippen LogP contribution in [0.1, 0.15) is 10.4 Å². The van der Waals surface area contributed by atoms with E-state index in [9.17, 15) is 9.59 Å². The Morgan fingerprint density at radius 1 is 1.18 bits per heavy atom. The third-order valence-corrected chi connectivity index (χ3v) is 3.90. The van der Waals surface area contributed by atoms with Gasteiger partial charge in [0.1, 0.15) is 0 Å². The fourth-order valence-electron chi connectivity index (χ4n) is 2.08. The van der Waals surface area contributed by atoms with Crippen LogP contribution in [0.5, 0.6) is 5.75 Å². The molecule has 0 aliphatic carbocycles. The van der Waals surface area contributed by atoms with Crippen LogP contribution in [-0.4, -0.2) is 18.4 Å². The van der Waals surface area contributed by atoms with E-state index in [0.29, 0.717) is 27.7 Å². The first-order valence-corrected chi connectivity index (χ1v) is 7.13. The van der Waals surface area contributed by atoms with Crippen LogP contribution in [0.2, 0.25) is 10.0 Å². The van der Waals surface area contributed by atoms with Gasteiger partial charge in [0, 0.05) is 0 Å². The molecule has 112 valence electrons. The minimum atomic E-state index is -0.405. The quantitative estimate of drug-likeness (QED) is 0.880. The number of amides is 2. The molecule has 1 heterocycles. The van der Waals surface area contributed by atoms with Gasteiger partial charge in [0.15, 0.2) is 12.4 Å². The van der Waals surface area contributed by atoms with Gasteiger partial charge >= 0.3 is 0 Å². The van der Waals surface area contributed by atoms with E-state index in [1.165, 1.54) is 0 Å². The number of hydrogen-bond acceptors (Lipinski definition) is 3. The van der Waals surface area contributed by atoms with Gasteiger partial charge in [0.05, 0.1) is 27.0 Å². The van der Waals surface area contributed by atoms with Crippen molar-refractivity contribution < 1.29 is 14.3 Å². The van der Waals surface area contributed by atoms with E-state index in [4.69, 9.17) is 27.9 Å². The molecule has 0 unspecified atom stereocenters. The van der Waals surface area contributed by atoms with Crippen LogP contribution in [0.15, 0.2) is 36.4 Å². The second kappa shape index (κ2) is 5.87. The minimum Gasteiger partial charge on any atom is -0.481 e. The number of carbonyl (C=O) groups is 2. The van der Waals surface area contributed by atoms with E-state index in [2.05, 4.69) is 10.6 Å². The molecule has 0 radical (unpaired) electrons. The normalized spacial score (nSPS) is 12.9. The lowest BCUT2D eigenvalue weighted by Gasteiger charge is -2.20. The number of rotatable bonds is 2. The Balaban J connectivity index is 1.92. The van der Waals surface area contributed by atoms with Crippen LogP contribution in [0.25, 0.3) is 0 Å². The summed E-state index contributed by atoms with van der Waals surface area (Å²) in [6.07, 6.45) is 0. The number of ether oxygens (including phenoxy) is 1. The first-order valence-electron chi connectivity index (χ1n) is 6.37. The summed E-state index contributed by atoms with van der Waals surface area (Å²) >= 11 is 12.0.